The van der Waals surface area contributed by atoms with E-state index in [2.05, 4.69) is 30.6 Å². The highest BCUT2D eigenvalue weighted by Crippen LogP contribution is 2.26. The highest BCUT2D eigenvalue weighted by atomic mass is 79.9. The van der Waals surface area contributed by atoms with Crippen LogP contribution in [0.3, 0.4) is 0 Å². The van der Waals surface area contributed by atoms with Crippen molar-refractivity contribution >= 4 is 37.6 Å². The maximum Gasteiger partial charge on any atom is 0.264 e. The minimum Gasteiger partial charge on any atom is -0.368 e. The molecule has 0 saturated heterocycles. The van der Waals surface area contributed by atoms with Crippen molar-refractivity contribution in [2.45, 2.75) is 18.7 Å². The first kappa shape index (κ1) is 14.7. The molecule has 0 amide bonds. The van der Waals surface area contributed by atoms with Gasteiger partial charge in [-0.3, -0.25) is 4.72 Å². The Morgan fingerprint density at radius 3 is 2.15 bits per heavy atom. The van der Waals surface area contributed by atoms with Gasteiger partial charge in [0.1, 0.15) is 4.90 Å². The molecule has 1 aromatic carbocycles. The summed E-state index contributed by atoms with van der Waals surface area (Å²) in [4.78, 5) is 7.32. The van der Waals surface area contributed by atoms with Crippen molar-refractivity contribution in [2.24, 2.45) is 0 Å². The molecule has 0 aliphatic rings. The number of aryl methyl sites for hydroxylation is 2. The summed E-state index contributed by atoms with van der Waals surface area (Å²) in [5.74, 6) is 0.0271. The van der Waals surface area contributed by atoms with Gasteiger partial charge >= 0.3 is 0 Å². The van der Waals surface area contributed by atoms with E-state index in [1.807, 2.05) is 13.8 Å². The van der Waals surface area contributed by atoms with Crippen LogP contribution in [-0.4, -0.2) is 18.4 Å². The van der Waals surface area contributed by atoms with Gasteiger partial charge in [0.25, 0.3) is 10.0 Å². The average Bonchev–Trinajstić information content (AvgIpc) is 2.36. The van der Waals surface area contributed by atoms with Gasteiger partial charge in [0.2, 0.25) is 5.95 Å². The number of nitrogen functional groups attached to an aromatic ring is 1. The molecule has 8 heteroatoms. The summed E-state index contributed by atoms with van der Waals surface area (Å²) in [7, 11) is -3.72. The number of aromatic nitrogens is 2. The lowest BCUT2D eigenvalue weighted by Gasteiger charge is -2.11. The van der Waals surface area contributed by atoms with Gasteiger partial charge in [-0.05, 0) is 37.1 Å². The molecule has 2 aromatic rings. The van der Waals surface area contributed by atoms with Crippen molar-refractivity contribution in [1.82, 2.24) is 9.97 Å². The summed E-state index contributed by atoms with van der Waals surface area (Å²) in [5.41, 5.74) is 7.70. The van der Waals surface area contributed by atoms with Gasteiger partial charge in [0, 0.05) is 10.2 Å². The van der Waals surface area contributed by atoms with Crippen LogP contribution in [0.5, 0.6) is 0 Å². The van der Waals surface area contributed by atoms with Crippen molar-refractivity contribution < 1.29 is 8.42 Å². The standard InChI is InChI=1S/C12H13BrN4O2S/c1-7-3-9(4-8(2)11(7)13)17-20(18,19)10-5-15-12(14)16-6-10/h3-6,17H,1-2H3,(H2,14,15,16). The second-order valence-electron chi connectivity index (χ2n) is 4.31. The maximum atomic E-state index is 12.2. The number of benzene rings is 1. The smallest absolute Gasteiger partial charge is 0.264 e. The van der Waals surface area contributed by atoms with Crippen LogP contribution >= 0.6 is 15.9 Å². The predicted octanol–water partition coefficient (Wildman–Crippen LogP) is 2.24. The van der Waals surface area contributed by atoms with Gasteiger partial charge in [-0.15, -0.1) is 0 Å². The molecule has 0 saturated carbocycles. The van der Waals surface area contributed by atoms with E-state index < -0.39 is 10.0 Å². The molecule has 3 N–H and O–H groups in total. The first-order valence-corrected chi connectivity index (χ1v) is 7.94. The highest BCUT2D eigenvalue weighted by molar-refractivity contribution is 9.10. The average molecular weight is 357 g/mol. The van der Waals surface area contributed by atoms with Crippen LogP contribution in [0.15, 0.2) is 33.9 Å². The van der Waals surface area contributed by atoms with Crippen LogP contribution in [0, 0.1) is 13.8 Å². The molecular weight excluding hydrogens is 344 g/mol. The zero-order valence-corrected chi connectivity index (χ0v) is 13.3. The lowest BCUT2D eigenvalue weighted by Crippen LogP contribution is -2.14. The largest absolute Gasteiger partial charge is 0.368 e. The Bertz CT molecular complexity index is 722. The Morgan fingerprint density at radius 1 is 1.15 bits per heavy atom. The third-order valence-electron chi connectivity index (χ3n) is 2.65. The number of nitrogens with two attached hydrogens (primary N) is 1. The van der Waals surface area contributed by atoms with E-state index in [0.717, 1.165) is 15.6 Å². The Kier molecular flexibility index (Phi) is 3.96. The molecular formula is C12H13BrN4O2S. The highest BCUT2D eigenvalue weighted by Gasteiger charge is 2.16. The molecule has 0 aliphatic heterocycles. The molecule has 1 heterocycles. The number of anilines is 2. The molecule has 0 fully saturated rings. The second kappa shape index (κ2) is 5.37. The Balaban J connectivity index is 2.36. The Morgan fingerprint density at radius 2 is 1.65 bits per heavy atom. The fourth-order valence-electron chi connectivity index (χ4n) is 1.68. The van der Waals surface area contributed by atoms with Gasteiger partial charge in [-0.2, -0.15) is 0 Å². The van der Waals surface area contributed by atoms with Crippen molar-refractivity contribution in [3.63, 3.8) is 0 Å². The number of nitrogens with zero attached hydrogens (tertiary/aromatic N) is 2. The number of rotatable bonds is 3. The molecule has 0 unspecified atom stereocenters. The second-order valence-corrected chi connectivity index (χ2v) is 6.78. The lowest BCUT2D eigenvalue weighted by molar-refractivity contribution is 0.600. The van der Waals surface area contributed by atoms with E-state index in [1.165, 1.54) is 12.4 Å². The van der Waals surface area contributed by atoms with Crippen LogP contribution in [0.4, 0.5) is 11.6 Å². The Labute approximate surface area is 125 Å². The van der Waals surface area contributed by atoms with E-state index in [4.69, 9.17) is 5.73 Å². The van der Waals surface area contributed by atoms with Gasteiger partial charge < -0.3 is 5.73 Å². The molecule has 0 aliphatic carbocycles. The number of nitrogens with one attached hydrogen (secondary N) is 1. The summed E-state index contributed by atoms with van der Waals surface area (Å²) in [5, 5.41) is 0. The van der Waals surface area contributed by atoms with E-state index >= 15 is 0 Å². The van der Waals surface area contributed by atoms with Crippen molar-refractivity contribution in [1.29, 1.82) is 0 Å². The lowest BCUT2D eigenvalue weighted by atomic mass is 10.1. The van der Waals surface area contributed by atoms with E-state index in [9.17, 15) is 8.42 Å². The molecule has 2 rings (SSSR count). The first-order chi connectivity index (χ1) is 9.29. The third-order valence-corrected chi connectivity index (χ3v) is 5.23. The summed E-state index contributed by atoms with van der Waals surface area (Å²) >= 11 is 3.43. The van der Waals surface area contributed by atoms with Gasteiger partial charge in [0.05, 0.1) is 12.4 Å². The minimum atomic E-state index is -3.72. The minimum absolute atomic E-state index is 0.0271. The number of halogens is 1. The number of hydrogen-bond donors (Lipinski definition) is 2. The van der Waals surface area contributed by atoms with Gasteiger partial charge in [0.15, 0.2) is 0 Å². The topological polar surface area (TPSA) is 98.0 Å². The summed E-state index contributed by atoms with van der Waals surface area (Å²) in [6.07, 6.45) is 2.34. The number of sulfonamides is 1. The molecule has 20 heavy (non-hydrogen) atoms. The van der Waals surface area contributed by atoms with Crippen LogP contribution in [0.1, 0.15) is 11.1 Å². The van der Waals surface area contributed by atoms with Gasteiger partial charge in [-0.1, -0.05) is 15.9 Å². The SMILES string of the molecule is Cc1cc(NS(=O)(=O)c2cnc(N)nc2)cc(C)c1Br. The molecule has 106 valence electrons. The van der Waals surface area contributed by atoms with Gasteiger partial charge in [-0.25, -0.2) is 18.4 Å². The molecule has 1 aromatic heterocycles. The molecule has 0 radical (unpaired) electrons. The van der Waals surface area contributed by atoms with Crippen molar-refractivity contribution in [3.05, 3.63) is 40.1 Å². The monoisotopic (exact) mass is 356 g/mol. The van der Waals surface area contributed by atoms with Crippen LogP contribution in [-0.2, 0) is 10.0 Å². The fourth-order valence-corrected chi connectivity index (χ4v) is 2.84. The fraction of sp³-hybridized carbons (Fsp3) is 0.167. The molecule has 0 atom stereocenters. The molecule has 0 bridgehead atoms. The van der Waals surface area contributed by atoms with Crippen LogP contribution in [0.2, 0.25) is 0 Å². The van der Waals surface area contributed by atoms with Crippen molar-refractivity contribution in [3.8, 4) is 0 Å². The summed E-state index contributed by atoms with van der Waals surface area (Å²) in [6, 6.07) is 3.49. The molecule has 6 nitrogen and oxygen atoms in total. The predicted molar refractivity (Wildman–Crippen MR) is 80.9 cm³/mol. The van der Waals surface area contributed by atoms with Crippen molar-refractivity contribution in [2.75, 3.05) is 10.5 Å². The zero-order chi connectivity index (χ0) is 14.9. The zero-order valence-electron chi connectivity index (χ0n) is 10.9. The summed E-state index contributed by atoms with van der Waals surface area (Å²) in [6.45, 7) is 3.78. The van der Waals surface area contributed by atoms with E-state index in [-0.39, 0.29) is 10.8 Å². The van der Waals surface area contributed by atoms with E-state index in [0.29, 0.717) is 5.69 Å². The molecule has 0 spiro atoms. The Hall–Kier alpha value is -1.67. The van der Waals surface area contributed by atoms with Crippen LogP contribution < -0.4 is 10.5 Å². The maximum absolute atomic E-state index is 12.2. The quantitative estimate of drug-likeness (QED) is 0.878. The van der Waals surface area contributed by atoms with Crippen LogP contribution in [0.25, 0.3) is 0 Å². The van der Waals surface area contributed by atoms with E-state index in [1.54, 1.807) is 12.1 Å². The summed E-state index contributed by atoms with van der Waals surface area (Å²) < 4.78 is 27.8. The first-order valence-electron chi connectivity index (χ1n) is 5.66. The number of hydrogen-bond acceptors (Lipinski definition) is 5. The third kappa shape index (κ3) is 3.07. The normalized spacial score (nSPS) is 11.3.